The van der Waals surface area contributed by atoms with Gasteiger partial charge in [0.25, 0.3) is 0 Å². The standard InChI is InChI=1S/C23H30N4O4S/c1-5-16(2)19-6-8-20(9-7-19)32(29,30)27-12-10-26(11-13-27)15-22(28)25-23-21(14-24)17(3)18(4)31-23/h6-9,16H,5,10-13,15H2,1-4H3,(H,25,28). The molecule has 0 aliphatic carbocycles. The van der Waals surface area contributed by atoms with Gasteiger partial charge in [-0.2, -0.15) is 9.57 Å². The summed E-state index contributed by atoms with van der Waals surface area (Å²) >= 11 is 0. The van der Waals surface area contributed by atoms with E-state index in [-0.39, 0.29) is 18.3 Å². The molecule has 1 unspecified atom stereocenters. The number of nitrogens with zero attached hydrogens (tertiary/aromatic N) is 3. The van der Waals surface area contributed by atoms with Gasteiger partial charge in [-0.15, -0.1) is 0 Å². The lowest BCUT2D eigenvalue weighted by Crippen LogP contribution is -2.50. The number of nitrogens with one attached hydrogen (secondary N) is 1. The first-order valence-corrected chi connectivity index (χ1v) is 12.2. The van der Waals surface area contributed by atoms with Crippen LogP contribution in [0, 0.1) is 25.2 Å². The fourth-order valence-electron chi connectivity index (χ4n) is 3.70. The minimum absolute atomic E-state index is 0.0984. The summed E-state index contributed by atoms with van der Waals surface area (Å²) in [6.45, 7) is 9.34. The monoisotopic (exact) mass is 458 g/mol. The van der Waals surface area contributed by atoms with Gasteiger partial charge in [-0.05, 0) is 43.9 Å². The van der Waals surface area contributed by atoms with Crippen LogP contribution in [0.5, 0.6) is 0 Å². The van der Waals surface area contributed by atoms with E-state index in [1.165, 1.54) is 4.31 Å². The first-order valence-electron chi connectivity index (χ1n) is 10.8. The molecule has 1 aromatic carbocycles. The molecule has 1 atom stereocenters. The molecule has 32 heavy (non-hydrogen) atoms. The van der Waals surface area contributed by atoms with E-state index in [0.29, 0.717) is 53.9 Å². The van der Waals surface area contributed by atoms with Crippen molar-refractivity contribution < 1.29 is 17.6 Å². The highest BCUT2D eigenvalue weighted by Crippen LogP contribution is 2.26. The van der Waals surface area contributed by atoms with Gasteiger partial charge < -0.3 is 4.42 Å². The number of anilines is 1. The van der Waals surface area contributed by atoms with Crippen molar-refractivity contribution in [2.45, 2.75) is 44.9 Å². The van der Waals surface area contributed by atoms with Gasteiger partial charge in [0.1, 0.15) is 17.4 Å². The summed E-state index contributed by atoms with van der Waals surface area (Å²) < 4.78 is 32.9. The van der Waals surface area contributed by atoms with Crippen molar-refractivity contribution in [2.24, 2.45) is 0 Å². The highest BCUT2D eigenvalue weighted by Gasteiger charge is 2.29. The first-order chi connectivity index (χ1) is 15.2. The van der Waals surface area contributed by atoms with Crippen LogP contribution in [0.2, 0.25) is 0 Å². The summed E-state index contributed by atoms with van der Waals surface area (Å²) in [4.78, 5) is 14.6. The number of aryl methyl sites for hydroxylation is 1. The van der Waals surface area contributed by atoms with E-state index in [2.05, 4.69) is 19.2 Å². The molecular formula is C23H30N4O4S. The number of benzene rings is 1. The van der Waals surface area contributed by atoms with Crippen molar-refractivity contribution in [3.63, 3.8) is 0 Å². The third-order valence-electron chi connectivity index (χ3n) is 6.15. The molecule has 1 saturated heterocycles. The molecule has 1 fully saturated rings. The van der Waals surface area contributed by atoms with E-state index < -0.39 is 10.0 Å². The Hall–Kier alpha value is -2.67. The minimum Gasteiger partial charge on any atom is -0.444 e. The molecule has 0 spiro atoms. The van der Waals surface area contributed by atoms with Crippen molar-refractivity contribution in [3.8, 4) is 6.07 Å². The second kappa shape index (κ2) is 9.86. The third kappa shape index (κ3) is 5.04. The lowest BCUT2D eigenvalue weighted by Gasteiger charge is -2.33. The maximum atomic E-state index is 13.0. The van der Waals surface area contributed by atoms with E-state index in [9.17, 15) is 18.5 Å². The summed E-state index contributed by atoms with van der Waals surface area (Å²) in [7, 11) is -3.57. The molecule has 2 heterocycles. The minimum atomic E-state index is -3.57. The second-order valence-corrected chi connectivity index (χ2v) is 10.1. The van der Waals surface area contributed by atoms with Crippen LogP contribution in [-0.4, -0.2) is 56.3 Å². The van der Waals surface area contributed by atoms with Crippen LogP contribution < -0.4 is 5.32 Å². The molecule has 0 saturated carbocycles. The Labute approximate surface area is 189 Å². The van der Waals surface area contributed by atoms with Crippen LogP contribution in [-0.2, 0) is 14.8 Å². The maximum Gasteiger partial charge on any atom is 0.243 e. The molecule has 9 heteroatoms. The largest absolute Gasteiger partial charge is 0.444 e. The van der Waals surface area contributed by atoms with Gasteiger partial charge in [0.05, 0.1) is 11.4 Å². The van der Waals surface area contributed by atoms with Crippen molar-refractivity contribution in [3.05, 3.63) is 46.7 Å². The van der Waals surface area contributed by atoms with Gasteiger partial charge in [-0.25, -0.2) is 8.42 Å². The second-order valence-electron chi connectivity index (χ2n) is 8.21. The molecule has 1 amide bonds. The van der Waals surface area contributed by atoms with Gasteiger partial charge >= 0.3 is 0 Å². The van der Waals surface area contributed by atoms with E-state index in [1.54, 1.807) is 26.0 Å². The van der Waals surface area contributed by atoms with Gasteiger partial charge in [-0.3, -0.25) is 15.0 Å². The molecule has 0 radical (unpaired) electrons. The van der Waals surface area contributed by atoms with E-state index in [4.69, 9.17) is 4.42 Å². The Bertz CT molecular complexity index is 1110. The fraction of sp³-hybridized carbons (Fsp3) is 0.478. The van der Waals surface area contributed by atoms with Crippen LogP contribution in [0.3, 0.4) is 0 Å². The van der Waals surface area contributed by atoms with E-state index in [1.807, 2.05) is 23.1 Å². The van der Waals surface area contributed by atoms with Gasteiger partial charge in [0.2, 0.25) is 21.8 Å². The molecule has 1 aliphatic heterocycles. The van der Waals surface area contributed by atoms with Gasteiger partial charge in [-0.1, -0.05) is 26.0 Å². The van der Waals surface area contributed by atoms with Crippen molar-refractivity contribution in [1.82, 2.24) is 9.21 Å². The van der Waals surface area contributed by atoms with Crippen LogP contribution in [0.1, 0.15) is 48.6 Å². The zero-order valence-electron chi connectivity index (χ0n) is 19.0. The smallest absolute Gasteiger partial charge is 0.243 e. The molecular weight excluding hydrogens is 428 g/mol. The Morgan fingerprint density at radius 3 is 2.38 bits per heavy atom. The quantitative estimate of drug-likeness (QED) is 0.683. The lowest BCUT2D eigenvalue weighted by atomic mass is 9.99. The number of amides is 1. The number of sulfonamides is 1. The lowest BCUT2D eigenvalue weighted by molar-refractivity contribution is -0.117. The number of piperazine rings is 1. The number of carbonyl (C=O) groups is 1. The summed E-state index contributed by atoms with van der Waals surface area (Å²) in [5.74, 6) is 0.842. The number of carbonyl (C=O) groups excluding carboxylic acids is 1. The third-order valence-corrected chi connectivity index (χ3v) is 8.06. The van der Waals surface area contributed by atoms with Crippen LogP contribution in [0.15, 0.2) is 33.6 Å². The van der Waals surface area contributed by atoms with E-state index >= 15 is 0 Å². The average Bonchev–Trinajstić information content (AvgIpc) is 3.05. The Morgan fingerprint density at radius 1 is 1.19 bits per heavy atom. The van der Waals surface area contributed by atoms with Crippen molar-refractivity contribution >= 4 is 21.8 Å². The number of rotatable bonds is 7. The maximum absolute atomic E-state index is 13.0. The summed E-state index contributed by atoms with van der Waals surface area (Å²) in [6, 6.07) is 9.17. The normalized spacial score (nSPS) is 16.5. The highest BCUT2D eigenvalue weighted by atomic mass is 32.2. The molecule has 0 bridgehead atoms. The van der Waals surface area contributed by atoms with Crippen LogP contribution in [0.25, 0.3) is 0 Å². The molecule has 1 aromatic heterocycles. The predicted octanol–water partition coefficient (Wildman–Crippen LogP) is 3.23. The zero-order valence-corrected chi connectivity index (χ0v) is 19.8. The van der Waals surface area contributed by atoms with Gasteiger partial charge in [0, 0.05) is 31.7 Å². The summed E-state index contributed by atoms with van der Waals surface area (Å²) in [6.07, 6.45) is 0.999. The highest BCUT2D eigenvalue weighted by molar-refractivity contribution is 7.89. The Balaban J connectivity index is 1.57. The molecule has 8 nitrogen and oxygen atoms in total. The van der Waals surface area contributed by atoms with Crippen LogP contribution in [0.4, 0.5) is 5.88 Å². The molecule has 1 N–H and O–H groups in total. The Morgan fingerprint density at radius 2 is 1.81 bits per heavy atom. The summed E-state index contributed by atoms with van der Waals surface area (Å²) in [5.41, 5.74) is 2.16. The Kier molecular flexibility index (Phi) is 7.39. The molecule has 3 rings (SSSR count). The fourth-order valence-corrected chi connectivity index (χ4v) is 5.12. The van der Waals surface area contributed by atoms with Gasteiger partial charge in [0.15, 0.2) is 0 Å². The number of nitriles is 1. The first kappa shape index (κ1) is 24.0. The number of hydrogen-bond donors (Lipinski definition) is 1. The van der Waals surface area contributed by atoms with Crippen molar-refractivity contribution in [2.75, 3.05) is 38.0 Å². The average molecular weight is 459 g/mol. The van der Waals surface area contributed by atoms with Crippen LogP contribution >= 0.6 is 0 Å². The van der Waals surface area contributed by atoms with E-state index in [0.717, 1.165) is 12.0 Å². The van der Waals surface area contributed by atoms with Crippen molar-refractivity contribution in [1.29, 1.82) is 5.26 Å². The number of hydrogen-bond acceptors (Lipinski definition) is 6. The molecule has 2 aromatic rings. The predicted molar refractivity (Wildman–Crippen MR) is 122 cm³/mol. The SMILES string of the molecule is CCC(C)c1ccc(S(=O)(=O)N2CCN(CC(=O)Nc3oc(C)c(C)c3C#N)CC2)cc1. The molecule has 1 aliphatic rings. The number of furan rings is 1. The summed E-state index contributed by atoms with van der Waals surface area (Å²) in [5, 5.41) is 11.9. The zero-order chi connectivity index (χ0) is 23.5. The molecule has 172 valence electrons. The topological polar surface area (TPSA) is 107 Å².